The Morgan fingerprint density at radius 3 is 2.73 bits per heavy atom. The average molecular weight is 378 g/mol. The van der Waals surface area contributed by atoms with Gasteiger partial charge in [-0.2, -0.15) is 13.6 Å². The SMILES string of the molecule is CCc1cc2c(cc1OS(N)(=O)=O)CCC1C2CC[C@]2(C)CCCCC12. The van der Waals surface area contributed by atoms with Crippen molar-refractivity contribution in [3.8, 4) is 5.75 Å². The first-order valence-corrected chi connectivity index (χ1v) is 11.7. The van der Waals surface area contributed by atoms with Gasteiger partial charge in [-0.05, 0) is 90.9 Å². The summed E-state index contributed by atoms with van der Waals surface area (Å²) in [5, 5.41) is 5.11. The third-order valence-electron chi connectivity index (χ3n) is 7.52. The topological polar surface area (TPSA) is 69.4 Å². The molecular weight excluding hydrogens is 346 g/mol. The molecule has 0 aliphatic heterocycles. The summed E-state index contributed by atoms with van der Waals surface area (Å²) in [6.45, 7) is 4.57. The van der Waals surface area contributed by atoms with Crippen molar-refractivity contribution < 1.29 is 12.6 Å². The van der Waals surface area contributed by atoms with Crippen molar-refractivity contribution in [2.75, 3.05) is 0 Å². The number of fused-ring (bicyclic) bond motifs is 5. The van der Waals surface area contributed by atoms with Gasteiger partial charge in [0.15, 0.2) is 0 Å². The molecule has 144 valence electrons. The normalized spacial score (nSPS) is 33.7. The molecule has 2 saturated carbocycles. The van der Waals surface area contributed by atoms with E-state index in [2.05, 4.69) is 13.0 Å². The van der Waals surface area contributed by atoms with Crippen molar-refractivity contribution >= 4 is 10.3 Å². The standard InChI is InChI=1S/C21H31NO3S/c1-3-14-12-18-15(13-20(14)25-26(22,23)24)7-8-17-16(18)9-11-21(2)10-5-4-6-19(17)21/h12-13,16-17,19H,3-11H2,1-2H3,(H2,22,23,24)/t16?,17?,19?,21-/m0/s1. The maximum Gasteiger partial charge on any atom is 0.380 e. The van der Waals surface area contributed by atoms with Crippen LogP contribution < -0.4 is 9.32 Å². The summed E-state index contributed by atoms with van der Waals surface area (Å²) in [4.78, 5) is 0. The molecule has 0 radical (unpaired) electrons. The number of benzene rings is 1. The summed E-state index contributed by atoms with van der Waals surface area (Å²) in [5.41, 5.74) is 4.21. The highest BCUT2D eigenvalue weighted by Crippen LogP contribution is 2.59. The molecule has 4 nitrogen and oxygen atoms in total. The molecule has 0 bridgehead atoms. The van der Waals surface area contributed by atoms with Crippen molar-refractivity contribution in [2.24, 2.45) is 22.4 Å². The molecule has 0 spiro atoms. The molecule has 1 aromatic carbocycles. The molecule has 0 aromatic heterocycles. The lowest BCUT2D eigenvalue weighted by atomic mass is 9.51. The smallest absolute Gasteiger partial charge is 0.371 e. The highest BCUT2D eigenvalue weighted by molar-refractivity contribution is 7.84. The third-order valence-corrected chi connectivity index (χ3v) is 7.94. The molecule has 2 N–H and O–H groups in total. The molecule has 0 amide bonds. The van der Waals surface area contributed by atoms with Crippen LogP contribution in [0, 0.1) is 17.3 Å². The van der Waals surface area contributed by atoms with Crippen molar-refractivity contribution in [2.45, 2.75) is 77.6 Å². The largest absolute Gasteiger partial charge is 0.380 e. The van der Waals surface area contributed by atoms with E-state index < -0.39 is 10.3 Å². The van der Waals surface area contributed by atoms with Crippen LogP contribution >= 0.6 is 0 Å². The zero-order valence-corrected chi connectivity index (χ0v) is 16.8. The predicted molar refractivity (Wildman–Crippen MR) is 103 cm³/mol. The predicted octanol–water partition coefficient (Wildman–Crippen LogP) is 4.47. The van der Waals surface area contributed by atoms with Gasteiger partial charge >= 0.3 is 10.3 Å². The molecule has 4 rings (SSSR count). The Morgan fingerprint density at radius 2 is 2.00 bits per heavy atom. The van der Waals surface area contributed by atoms with Crippen molar-refractivity contribution in [1.29, 1.82) is 0 Å². The highest BCUT2D eigenvalue weighted by Gasteiger charge is 2.48. The Kier molecular flexibility index (Phi) is 4.59. The molecule has 0 saturated heterocycles. The van der Waals surface area contributed by atoms with E-state index in [0.29, 0.717) is 17.1 Å². The maximum atomic E-state index is 11.4. The van der Waals surface area contributed by atoms with Crippen LogP contribution in [0.25, 0.3) is 0 Å². The van der Waals surface area contributed by atoms with Crippen LogP contribution in [0.1, 0.15) is 81.4 Å². The minimum absolute atomic E-state index is 0.422. The second-order valence-electron chi connectivity index (χ2n) is 8.94. The van der Waals surface area contributed by atoms with Crippen molar-refractivity contribution in [1.82, 2.24) is 0 Å². The van der Waals surface area contributed by atoms with Crippen LogP contribution in [0.2, 0.25) is 0 Å². The first kappa shape index (κ1) is 18.3. The number of hydrogen-bond donors (Lipinski definition) is 1. The molecule has 3 unspecified atom stereocenters. The lowest BCUT2D eigenvalue weighted by Gasteiger charge is -2.54. The summed E-state index contributed by atoms with van der Waals surface area (Å²) in [6, 6.07) is 4.17. The average Bonchev–Trinajstić information content (AvgIpc) is 2.58. The maximum absolute atomic E-state index is 11.4. The van der Waals surface area contributed by atoms with Gasteiger partial charge in [-0.15, -0.1) is 0 Å². The van der Waals surface area contributed by atoms with E-state index >= 15 is 0 Å². The molecule has 2 fully saturated rings. The first-order valence-electron chi connectivity index (χ1n) is 10.2. The molecule has 26 heavy (non-hydrogen) atoms. The Hall–Kier alpha value is -1.07. The van der Waals surface area contributed by atoms with E-state index in [1.165, 1.54) is 56.1 Å². The van der Waals surface area contributed by atoms with Gasteiger partial charge in [-0.25, -0.2) is 0 Å². The molecule has 0 heterocycles. The van der Waals surface area contributed by atoms with Gasteiger partial charge in [0.2, 0.25) is 0 Å². The Morgan fingerprint density at radius 1 is 1.19 bits per heavy atom. The summed E-state index contributed by atoms with van der Waals surface area (Å²) in [6.07, 6.45) is 11.2. The Labute approximate surface area is 157 Å². The van der Waals surface area contributed by atoms with Gasteiger partial charge in [0, 0.05) is 0 Å². The van der Waals surface area contributed by atoms with E-state index in [9.17, 15) is 8.42 Å². The zero-order valence-electron chi connectivity index (χ0n) is 16.0. The Balaban J connectivity index is 1.70. The fourth-order valence-corrected chi connectivity index (χ4v) is 6.69. The second-order valence-corrected chi connectivity index (χ2v) is 10.1. The molecule has 3 aliphatic rings. The minimum Gasteiger partial charge on any atom is -0.371 e. The number of aryl methyl sites for hydroxylation is 2. The zero-order chi connectivity index (χ0) is 18.5. The molecular formula is C21H31NO3S. The monoisotopic (exact) mass is 377 g/mol. The second kappa shape index (κ2) is 6.52. The number of rotatable bonds is 3. The van der Waals surface area contributed by atoms with E-state index in [-0.39, 0.29) is 0 Å². The fourth-order valence-electron chi connectivity index (χ4n) is 6.29. The molecule has 5 heteroatoms. The molecule has 1 aromatic rings. The van der Waals surface area contributed by atoms with Gasteiger partial charge < -0.3 is 4.18 Å². The van der Waals surface area contributed by atoms with Crippen LogP contribution in [0.5, 0.6) is 5.75 Å². The van der Waals surface area contributed by atoms with Crippen LogP contribution in [-0.4, -0.2) is 8.42 Å². The van der Waals surface area contributed by atoms with E-state index in [0.717, 1.165) is 30.2 Å². The van der Waals surface area contributed by atoms with Gasteiger partial charge in [0.25, 0.3) is 0 Å². The molecule has 3 aliphatic carbocycles. The van der Waals surface area contributed by atoms with Crippen molar-refractivity contribution in [3.63, 3.8) is 0 Å². The van der Waals surface area contributed by atoms with Crippen LogP contribution in [-0.2, 0) is 23.1 Å². The highest BCUT2D eigenvalue weighted by atomic mass is 32.2. The first-order chi connectivity index (χ1) is 12.3. The van der Waals surface area contributed by atoms with Gasteiger partial charge in [0.1, 0.15) is 5.75 Å². The third kappa shape index (κ3) is 3.18. The van der Waals surface area contributed by atoms with E-state index in [1.807, 2.05) is 13.0 Å². The van der Waals surface area contributed by atoms with Crippen LogP contribution in [0.15, 0.2) is 12.1 Å². The van der Waals surface area contributed by atoms with Gasteiger partial charge in [-0.1, -0.05) is 32.8 Å². The van der Waals surface area contributed by atoms with Gasteiger partial charge in [0.05, 0.1) is 0 Å². The van der Waals surface area contributed by atoms with Gasteiger partial charge in [-0.3, -0.25) is 0 Å². The van der Waals surface area contributed by atoms with Crippen LogP contribution in [0.4, 0.5) is 0 Å². The summed E-state index contributed by atoms with van der Waals surface area (Å²) in [5.74, 6) is 2.69. The summed E-state index contributed by atoms with van der Waals surface area (Å²) < 4.78 is 27.9. The van der Waals surface area contributed by atoms with E-state index in [4.69, 9.17) is 9.32 Å². The summed E-state index contributed by atoms with van der Waals surface area (Å²) in [7, 11) is -3.98. The number of nitrogens with two attached hydrogens (primary N) is 1. The molecule has 4 atom stereocenters. The lowest BCUT2D eigenvalue weighted by molar-refractivity contribution is -0.00424. The number of hydrogen-bond acceptors (Lipinski definition) is 3. The minimum atomic E-state index is -3.98. The quantitative estimate of drug-likeness (QED) is 0.845. The Bertz CT molecular complexity index is 804. The van der Waals surface area contributed by atoms with Crippen LogP contribution in [0.3, 0.4) is 0 Å². The summed E-state index contributed by atoms with van der Waals surface area (Å²) >= 11 is 0. The van der Waals surface area contributed by atoms with E-state index in [1.54, 1.807) is 0 Å². The van der Waals surface area contributed by atoms with Crippen molar-refractivity contribution in [3.05, 3.63) is 28.8 Å². The lowest BCUT2D eigenvalue weighted by Crippen LogP contribution is -2.44. The fraction of sp³-hybridized carbons (Fsp3) is 0.714.